The summed E-state index contributed by atoms with van der Waals surface area (Å²) in [5.41, 5.74) is 2.69. The summed E-state index contributed by atoms with van der Waals surface area (Å²) in [6, 6.07) is 7.88. The second-order valence-electron chi connectivity index (χ2n) is 6.76. The Hall–Kier alpha value is -2.94. The van der Waals surface area contributed by atoms with Gasteiger partial charge in [-0.1, -0.05) is 12.1 Å². The zero-order valence-corrected chi connectivity index (χ0v) is 18.6. The van der Waals surface area contributed by atoms with Gasteiger partial charge in [0.2, 0.25) is 0 Å². The van der Waals surface area contributed by atoms with Crippen LogP contribution in [0, 0.1) is 6.92 Å². The molecule has 0 saturated carbocycles. The number of carbonyl (C=O) groups is 1. The van der Waals surface area contributed by atoms with Gasteiger partial charge in [-0.3, -0.25) is 4.99 Å². The monoisotopic (exact) mass is 428 g/mol. The van der Waals surface area contributed by atoms with Crippen LogP contribution in [0.4, 0.5) is 0 Å². The topological polar surface area (TPSA) is 104 Å². The molecular formula is C21H28N6O2S. The summed E-state index contributed by atoms with van der Waals surface area (Å²) in [5.74, 6) is 1.29. The van der Waals surface area contributed by atoms with Gasteiger partial charge >= 0.3 is 5.97 Å². The highest BCUT2D eigenvalue weighted by Gasteiger charge is 2.20. The maximum absolute atomic E-state index is 12.0. The van der Waals surface area contributed by atoms with Crippen LogP contribution >= 0.6 is 11.3 Å². The summed E-state index contributed by atoms with van der Waals surface area (Å²) in [6.07, 6.45) is 0.711. The molecule has 8 nitrogen and oxygen atoms in total. The molecule has 3 N–H and O–H groups in total. The van der Waals surface area contributed by atoms with Crippen LogP contribution in [-0.4, -0.2) is 46.6 Å². The Morgan fingerprint density at radius 3 is 2.83 bits per heavy atom. The van der Waals surface area contributed by atoms with Crippen molar-refractivity contribution in [2.75, 3.05) is 19.7 Å². The van der Waals surface area contributed by atoms with Gasteiger partial charge < -0.3 is 20.4 Å². The number of aromatic amines is 1. The fourth-order valence-corrected chi connectivity index (χ4v) is 3.94. The quantitative estimate of drug-likeness (QED) is 0.289. The molecule has 0 spiro atoms. The average molecular weight is 429 g/mol. The van der Waals surface area contributed by atoms with Crippen molar-refractivity contribution in [2.45, 2.75) is 40.2 Å². The molecule has 2 heterocycles. The molecule has 1 aromatic carbocycles. The SMILES string of the molecule is CCNC(=NCCc1nc2ccccc2[nH]1)NC(C)c1nc(C)c(C(=O)OCC)s1. The summed E-state index contributed by atoms with van der Waals surface area (Å²) in [5, 5.41) is 7.43. The Labute approximate surface area is 180 Å². The summed E-state index contributed by atoms with van der Waals surface area (Å²) < 4.78 is 5.10. The number of imidazole rings is 1. The molecule has 1 atom stereocenters. The highest BCUT2D eigenvalue weighted by Crippen LogP contribution is 2.24. The first-order chi connectivity index (χ1) is 14.5. The predicted molar refractivity (Wildman–Crippen MR) is 120 cm³/mol. The third kappa shape index (κ3) is 5.35. The molecule has 1 unspecified atom stereocenters. The molecule has 9 heteroatoms. The van der Waals surface area contributed by atoms with E-state index in [-0.39, 0.29) is 12.0 Å². The number of aliphatic imine (C=N–C) groups is 1. The fraction of sp³-hybridized carbons (Fsp3) is 0.429. The molecule has 2 aromatic heterocycles. The van der Waals surface area contributed by atoms with Crippen molar-refractivity contribution in [3.05, 3.63) is 45.7 Å². The third-order valence-electron chi connectivity index (χ3n) is 4.40. The van der Waals surface area contributed by atoms with Gasteiger partial charge in [-0.2, -0.15) is 0 Å². The zero-order chi connectivity index (χ0) is 21.5. The fourth-order valence-electron chi connectivity index (χ4n) is 2.97. The lowest BCUT2D eigenvalue weighted by Crippen LogP contribution is -2.38. The van der Waals surface area contributed by atoms with Crippen LogP contribution in [0.15, 0.2) is 29.3 Å². The number of nitrogens with zero attached hydrogens (tertiary/aromatic N) is 3. The van der Waals surface area contributed by atoms with Gasteiger partial charge in [0.1, 0.15) is 15.7 Å². The number of aryl methyl sites for hydroxylation is 1. The molecule has 0 aliphatic heterocycles. The van der Waals surface area contributed by atoms with Crippen LogP contribution in [0.3, 0.4) is 0 Å². The first kappa shape index (κ1) is 21.8. The number of hydrogen-bond acceptors (Lipinski definition) is 6. The number of fused-ring (bicyclic) bond motifs is 1. The van der Waals surface area contributed by atoms with E-state index in [4.69, 9.17) is 4.74 Å². The van der Waals surface area contributed by atoms with Crippen LogP contribution in [-0.2, 0) is 11.2 Å². The lowest BCUT2D eigenvalue weighted by Gasteiger charge is -2.15. The number of rotatable bonds is 8. The number of guanidine groups is 1. The van der Waals surface area contributed by atoms with E-state index in [9.17, 15) is 4.79 Å². The minimum atomic E-state index is -0.322. The van der Waals surface area contributed by atoms with Gasteiger partial charge in [0.25, 0.3) is 0 Å². The molecule has 0 bridgehead atoms. The van der Waals surface area contributed by atoms with Gasteiger partial charge in [-0.05, 0) is 39.8 Å². The molecule has 0 radical (unpaired) electrons. The molecule has 0 aliphatic carbocycles. The molecule has 0 fully saturated rings. The van der Waals surface area contributed by atoms with Gasteiger partial charge in [-0.15, -0.1) is 11.3 Å². The molecular weight excluding hydrogens is 400 g/mol. The first-order valence-corrected chi connectivity index (χ1v) is 11.0. The highest BCUT2D eigenvalue weighted by atomic mass is 32.1. The maximum Gasteiger partial charge on any atom is 0.350 e. The Balaban J connectivity index is 1.64. The Morgan fingerprint density at radius 1 is 1.30 bits per heavy atom. The van der Waals surface area contributed by atoms with Crippen LogP contribution < -0.4 is 10.6 Å². The van der Waals surface area contributed by atoms with Crippen molar-refractivity contribution < 1.29 is 9.53 Å². The van der Waals surface area contributed by atoms with E-state index in [1.54, 1.807) is 6.92 Å². The number of ether oxygens (including phenoxy) is 1. The van der Waals surface area contributed by atoms with Crippen LogP contribution in [0.25, 0.3) is 11.0 Å². The smallest absolute Gasteiger partial charge is 0.350 e. The molecule has 3 aromatic rings. The largest absolute Gasteiger partial charge is 0.462 e. The predicted octanol–water partition coefficient (Wildman–Crippen LogP) is 3.36. The van der Waals surface area contributed by atoms with E-state index in [1.165, 1.54) is 11.3 Å². The van der Waals surface area contributed by atoms with E-state index in [2.05, 4.69) is 30.6 Å². The highest BCUT2D eigenvalue weighted by molar-refractivity contribution is 7.13. The summed E-state index contributed by atoms with van der Waals surface area (Å²) >= 11 is 1.35. The number of H-pyrrole nitrogens is 1. The number of thiazole rings is 1. The van der Waals surface area contributed by atoms with Crippen molar-refractivity contribution in [3.8, 4) is 0 Å². The normalized spacial score (nSPS) is 12.7. The Bertz CT molecular complexity index is 993. The van der Waals surface area contributed by atoms with E-state index >= 15 is 0 Å². The van der Waals surface area contributed by atoms with Crippen molar-refractivity contribution in [3.63, 3.8) is 0 Å². The number of aromatic nitrogens is 3. The second-order valence-corrected chi connectivity index (χ2v) is 7.80. The van der Waals surface area contributed by atoms with E-state index in [0.717, 1.165) is 28.4 Å². The van der Waals surface area contributed by atoms with E-state index in [1.807, 2.05) is 45.0 Å². The van der Waals surface area contributed by atoms with Crippen molar-refractivity contribution in [2.24, 2.45) is 4.99 Å². The third-order valence-corrected chi connectivity index (χ3v) is 5.72. The average Bonchev–Trinajstić information content (AvgIpc) is 3.31. The number of carbonyl (C=O) groups excluding carboxylic acids is 1. The van der Waals surface area contributed by atoms with Crippen molar-refractivity contribution in [1.29, 1.82) is 0 Å². The maximum atomic E-state index is 12.0. The number of esters is 1. The lowest BCUT2D eigenvalue weighted by atomic mass is 10.3. The summed E-state index contributed by atoms with van der Waals surface area (Å²) in [7, 11) is 0. The van der Waals surface area contributed by atoms with Gasteiger partial charge in [-0.25, -0.2) is 14.8 Å². The van der Waals surface area contributed by atoms with E-state index < -0.39 is 0 Å². The number of benzene rings is 1. The molecule has 3 rings (SSSR count). The van der Waals surface area contributed by atoms with Gasteiger partial charge in [0.05, 0.1) is 29.4 Å². The number of para-hydroxylation sites is 2. The first-order valence-electron chi connectivity index (χ1n) is 10.1. The summed E-state index contributed by atoms with van der Waals surface area (Å²) in [4.78, 5) is 29.7. The van der Waals surface area contributed by atoms with Crippen molar-refractivity contribution in [1.82, 2.24) is 25.6 Å². The summed E-state index contributed by atoms with van der Waals surface area (Å²) in [6.45, 7) is 9.32. The zero-order valence-electron chi connectivity index (χ0n) is 17.8. The van der Waals surface area contributed by atoms with Gasteiger partial charge in [0, 0.05) is 19.5 Å². The molecule has 30 heavy (non-hydrogen) atoms. The molecule has 0 saturated heterocycles. The standard InChI is InChI=1S/C21H28N6O2S/c1-5-22-21(23-12-11-17-26-15-9-7-8-10-16(15)27-17)25-14(4)19-24-13(3)18(30-19)20(28)29-6-2/h7-10,14H,5-6,11-12H2,1-4H3,(H,26,27)(H2,22,23,25). The minimum Gasteiger partial charge on any atom is -0.462 e. The number of hydrogen-bond donors (Lipinski definition) is 3. The van der Waals surface area contributed by atoms with Crippen LogP contribution in [0.5, 0.6) is 0 Å². The van der Waals surface area contributed by atoms with Crippen molar-refractivity contribution >= 4 is 34.3 Å². The molecule has 0 amide bonds. The van der Waals surface area contributed by atoms with Crippen LogP contribution in [0.2, 0.25) is 0 Å². The van der Waals surface area contributed by atoms with Gasteiger partial charge in [0.15, 0.2) is 5.96 Å². The molecule has 160 valence electrons. The van der Waals surface area contributed by atoms with E-state index in [0.29, 0.717) is 36.1 Å². The Morgan fingerprint density at radius 2 is 2.10 bits per heavy atom. The second kappa shape index (κ2) is 10.2. The minimum absolute atomic E-state index is 0.0964. The molecule has 0 aliphatic rings. The Kier molecular flexibility index (Phi) is 7.40. The van der Waals surface area contributed by atoms with Crippen LogP contribution in [0.1, 0.15) is 53.0 Å². The lowest BCUT2D eigenvalue weighted by molar-refractivity contribution is 0.0531. The number of nitrogens with one attached hydrogen (secondary N) is 3.